The van der Waals surface area contributed by atoms with Crippen molar-refractivity contribution in [1.82, 2.24) is 10.5 Å². The van der Waals surface area contributed by atoms with Crippen LogP contribution in [0.25, 0.3) is 0 Å². The van der Waals surface area contributed by atoms with Crippen molar-refractivity contribution in [2.75, 3.05) is 0 Å². The quantitative estimate of drug-likeness (QED) is 0.813. The van der Waals surface area contributed by atoms with E-state index in [-0.39, 0.29) is 5.91 Å². The lowest BCUT2D eigenvalue weighted by Crippen LogP contribution is -2.47. The molecule has 2 rings (SSSR count). The monoisotopic (exact) mass is 247 g/mol. The van der Waals surface area contributed by atoms with E-state index in [2.05, 4.69) is 16.5 Å². The van der Waals surface area contributed by atoms with Gasteiger partial charge in [0.15, 0.2) is 0 Å². The van der Waals surface area contributed by atoms with Gasteiger partial charge in [0.25, 0.3) is 5.91 Å². The highest BCUT2D eigenvalue weighted by Crippen LogP contribution is 2.27. The lowest BCUT2D eigenvalue weighted by atomic mass is 9.91. The summed E-state index contributed by atoms with van der Waals surface area (Å²) in [7, 11) is 0. The van der Waals surface area contributed by atoms with E-state index >= 15 is 0 Å². The molecule has 1 heterocycles. The first-order valence-electron chi connectivity index (χ1n) is 6.32. The van der Waals surface area contributed by atoms with Crippen LogP contribution < -0.4 is 5.32 Å². The Balaban J connectivity index is 2.13. The molecule has 5 nitrogen and oxygen atoms in total. The normalized spacial score (nSPS) is 18.7. The van der Waals surface area contributed by atoms with Gasteiger partial charge in [0.05, 0.1) is 12.3 Å². The van der Waals surface area contributed by atoms with Gasteiger partial charge in [-0.25, -0.2) is 0 Å². The van der Waals surface area contributed by atoms with Crippen LogP contribution in [-0.4, -0.2) is 16.6 Å². The molecule has 1 aromatic rings. The van der Waals surface area contributed by atoms with Gasteiger partial charge in [-0.05, 0) is 19.8 Å². The van der Waals surface area contributed by atoms with Crippen LogP contribution in [0.4, 0.5) is 0 Å². The molecule has 1 fully saturated rings. The van der Waals surface area contributed by atoms with Crippen molar-refractivity contribution < 1.29 is 9.32 Å². The summed E-state index contributed by atoms with van der Waals surface area (Å²) in [6, 6.07) is 2.29. The smallest absolute Gasteiger partial charge is 0.257 e. The van der Waals surface area contributed by atoms with Gasteiger partial charge in [0.2, 0.25) is 0 Å². The predicted octanol–water partition coefficient (Wildman–Crippen LogP) is 2.33. The average Bonchev–Trinajstić information content (AvgIpc) is 2.66. The molecule has 1 aliphatic carbocycles. The van der Waals surface area contributed by atoms with Gasteiger partial charge in [-0.2, -0.15) is 5.26 Å². The van der Waals surface area contributed by atoms with Crippen molar-refractivity contribution >= 4 is 5.91 Å². The third kappa shape index (κ3) is 2.53. The van der Waals surface area contributed by atoms with E-state index in [0.717, 1.165) is 38.5 Å². The molecule has 1 aliphatic rings. The number of aromatic nitrogens is 1. The fourth-order valence-corrected chi connectivity index (χ4v) is 2.40. The number of nitriles is 1. The molecule has 1 saturated carbocycles. The number of carbonyl (C=O) groups is 1. The van der Waals surface area contributed by atoms with Gasteiger partial charge in [0.1, 0.15) is 16.9 Å². The van der Waals surface area contributed by atoms with Crippen LogP contribution >= 0.6 is 0 Å². The Morgan fingerprint density at radius 2 is 2.11 bits per heavy atom. The van der Waals surface area contributed by atoms with E-state index in [0.29, 0.717) is 11.3 Å². The van der Waals surface area contributed by atoms with E-state index in [4.69, 9.17) is 4.52 Å². The Labute approximate surface area is 106 Å². The Hall–Kier alpha value is -1.83. The second-order valence-electron chi connectivity index (χ2n) is 4.86. The van der Waals surface area contributed by atoms with Gasteiger partial charge in [-0.1, -0.05) is 30.8 Å². The summed E-state index contributed by atoms with van der Waals surface area (Å²) in [6.45, 7) is 1.69. The number of aryl methyl sites for hydroxylation is 1. The van der Waals surface area contributed by atoms with Crippen LogP contribution in [-0.2, 0) is 0 Å². The van der Waals surface area contributed by atoms with Crippen molar-refractivity contribution in [2.45, 2.75) is 51.0 Å². The minimum absolute atomic E-state index is 0.266. The van der Waals surface area contributed by atoms with Crippen molar-refractivity contribution in [1.29, 1.82) is 5.26 Å². The van der Waals surface area contributed by atoms with Gasteiger partial charge in [-0.15, -0.1) is 0 Å². The first-order valence-corrected chi connectivity index (χ1v) is 6.32. The lowest BCUT2D eigenvalue weighted by Gasteiger charge is -2.25. The third-order valence-corrected chi connectivity index (χ3v) is 3.52. The minimum atomic E-state index is -0.725. The molecule has 1 N–H and O–H groups in total. The zero-order valence-corrected chi connectivity index (χ0v) is 10.5. The highest BCUT2D eigenvalue weighted by molar-refractivity contribution is 5.95. The summed E-state index contributed by atoms with van der Waals surface area (Å²) in [6.07, 6.45) is 7.07. The fourth-order valence-electron chi connectivity index (χ4n) is 2.40. The zero-order chi connectivity index (χ0) is 13.0. The second kappa shape index (κ2) is 5.21. The molecule has 0 unspecified atom stereocenters. The van der Waals surface area contributed by atoms with Crippen LogP contribution in [0.1, 0.15) is 54.6 Å². The molecule has 0 bridgehead atoms. The number of hydrogen-bond donors (Lipinski definition) is 1. The maximum absolute atomic E-state index is 12.1. The molecular weight excluding hydrogens is 230 g/mol. The van der Waals surface area contributed by atoms with Gasteiger partial charge in [-0.3, -0.25) is 4.79 Å². The molecule has 0 saturated heterocycles. The molecule has 0 atom stereocenters. The standard InChI is InChI=1S/C13H17N3O2/c1-10-11(8-15-18-10)12(17)16-13(9-14)6-4-2-3-5-7-13/h8H,2-7H2,1H3,(H,16,17). The first kappa shape index (κ1) is 12.6. The molecule has 0 aliphatic heterocycles. The molecular formula is C13H17N3O2. The molecule has 0 spiro atoms. The molecule has 18 heavy (non-hydrogen) atoms. The van der Waals surface area contributed by atoms with Crippen molar-refractivity contribution in [3.8, 4) is 6.07 Å². The molecule has 0 aromatic carbocycles. The second-order valence-corrected chi connectivity index (χ2v) is 4.86. The Morgan fingerprint density at radius 3 is 2.61 bits per heavy atom. The summed E-state index contributed by atoms with van der Waals surface area (Å²) in [5, 5.41) is 15.8. The number of amides is 1. The van der Waals surface area contributed by atoms with E-state index < -0.39 is 5.54 Å². The van der Waals surface area contributed by atoms with E-state index in [1.165, 1.54) is 6.20 Å². The maximum atomic E-state index is 12.1. The number of carbonyl (C=O) groups excluding carboxylic acids is 1. The van der Waals surface area contributed by atoms with Crippen LogP contribution in [0.5, 0.6) is 0 Å². The van der Waals surface area contributed by atoms with Crippen LogP contribution in [0.2, 0.25) is 0 Å². The summed E-state index contributed by atoms with van der Waals surface area (Å²) < 4.78 is 4.87. The topological polar surface area (TPSA) is 78.9 Å². The van der Waals surface area contributed by atoms with Crippen molar-refractivity contribution in [3.05, 3.63) is 17.5 Å². The molecule has 1 amide bonds. The zero-order valence-electron chi connectivity index (χ0n) is 10.5. The summed E-state index contributed by atoms with van der Waals surface area (Å²) in [4.78, 5) is 12.1. The summed E-state index contributed by atoms with van der Waals surface area (Å²) in [5.41, 5.74) is -0.314. The van der Waals surface area contributed by atoms with Crippen LogP contribution in [0.3, 0.4) is 0 Å². The Kier molecular flexibility index (Phi) is 3.66. The number of nitrogens with zero attached hydrogens (tertiary/aromatic N) is 2. The average molecular weight is 247 g/mol. The van der Waals surface area contributed by atoms with Crippen molar-refractivity contribution in [3.63, 3.8) is 0 Å². The van der Waals surface area contributed by atoms with Crippen molar-refractivity contribution in [2.24, 2.45) is 0 Å². The fraction of sp³-hybridized carbons (Fsp3) is 0.615. The molecule has 96 valence electrons. The number of nitrogens with one attached hydrogen (secondary N) is 1. The highest BCUT2D eigenvalue weighted by Gasteiger charge is 2.33. The Morgan fingerprint density at radius 1 is 1.44 bits per heavy atom. The minimum Gasteiger partial charge on any atom is -0.361 e. The largest absolute Gasteiger partial charge is 0.361 e. The predicted molar refractivity (Wildman–Crippen MR) is 64.8 cm³/mol. The summed E-state index contributed by atoms with van der Waals surface area (Å²) >= 11 is 0. The lowest BCUT2D eigenvalue weighted by molar-refractivity contribution is 0.0911. The number of hydrogen-bond acceptors (Lipinski definition) is 4. The Bertz CT molecular complexity index is 465. The first-order chi connectivity index (χ1) is 8.67. The van der Waals surface area contributed by atoms with E-state index in [1.54, 1.807) is 6.92 Å². The van der Waals surface area contributed by atoms with Gasteiger partial charge >= 0.3 is 0 Å². The highest BCUT2D eigenvalue weighted by atomic mass is 16.5. The summed E-state index contributed by atoms with van der Waals surface area (Å²) in [5.74, 6) is 0.214. The SMILES string of the molecule is Cc1oncc1C(=O)NC1(C#N)CCCCCC1. The molecule has 0 radical (unpaired) electrons. The van der Waals surface area contributed by atoms with Gasteiger partial charge < -0.3 is 9.84 Å². The molecule has 5 heteroatoms. The van der Waals surface area contributed by atoms with Crippen LogP contribution in [0.15, 0.2) is 10.7 Å². The third-order valence-electron chi connectivity index (χ3n) is 3.52. The number of rotatable bonds is 2. The van der Waals surface area contributed by atoms with E-state index in [9.17, 15) is 10.1 Å². The van der Waals surface area contributed by atoms with Crippen LogP contribution in [0, 0.1) is 18.3 Å². The van der Waals surface area contributed by atoms with E-state index in [1.807, 2.05) is 0 Å². The maximum Gasteiger partial charge on any atom is 0.257 e. The van der Waals surface area contributed by atoms with Gasteiger partial charge in [0, 0.05) is 0 Å². The molecule has 1 aromatic heterocycles.